The Bertz CT molecular complexity index is 1120. The summed E-state index contributed by atoms with van der Waals surface area (Å²) in [5.41, 5.74) is 4.78. The number of fused-ring (bicyclic) bond motifs is 3. The molecule has 27 heavy (non-hydrogen) atoms. The topological polar surface area (TPSA) is 87.4 Å². The molecule has 0 aliphatic heterocycles. The van der Waals surface area contributed by atoms with Crippen LogP contribution in [0.2, 0.25) is 0 Å². The first kappa shape index (κ1) is 17.7. The number of carbonyl (C=O) groups excluding carboxylic acids is 1. The minimum atomic E-state index is -2.26. The maximum absolute atomic E-state index is 13.3. The minimum Gasteiger partial charge on any atom is -0.495 e. The van der Waals surface area contributed by atoms with Crippen molar-refractivity contribution < 1.29 is 18.3 Å². The number of ketones is 1. The fourth-order valence-electron chi connectivity index (χ4n) is 4.15. The zero-order valence-corrected chi connectivity index (χ0v) is 15.9. The maximum Gasteiger partial charge on any atom is 0.193 e. The Morgan fingerprint density at radius 1 is 1.22 bits per heavy atom. The molecule has 2 aromatic carbocycles. The first-order valence-corrected chi connectivity index (χ1v) is 9.55. The molecule has 0 radical (unpaired) electrons. The summed E-state index contributed by atoms with van der Waals surface area (Å²) in [6.45, 7) is 4.08. The van der Waals surface area contributed by atoms with E-state index in [1.54, 1.807) is 12.1 Å². The van der Waals surface area contributed by atoms with Crippen molar-refractivity contribution in [2.45, 2.75) is 30.6 Å². The van der Waals surface area contributed by atoms with Crippen LogP contribution in [-0.2, 0) is 22.9 Å². The number of hydrogen-bond acceptors (Lipinski definition) is 4. The van der Waals surface area contributed by atoms with Crippen LogP contribution in [-0.4, -0.2) is 21.7 Å². The molecule has 0 fully saturated rings. The summed E-state index contributed by atoms with van der Waals surface area (Å²) in [4.78, 5) is 13.4. The Morgan fingerprint density at radius 2 is 1.96 bits per heavy atom. The monoisotopic (exact) mass is 379 g/mol. The Labute approximate surface area is 159 Å². The number of allylic oxidation sites excluding steroid dienone is 2. The van der Waals surface area contributed by atoms with Gasteiger partial charge in [-0.15, -0.1) is 0 Å². The van der Waals surface area contributed by atoms with E-state index in [4.69, 9.17) is 10.00 Å². The highest BCUT2D eigenvalue weighted by molar-refractivity contribution is 7.79. The normalized spacial score (nSPS) is 17.7. The zero-order chi connectivity index (χ0) is 19.5. The summed E-state index contributed by atoms with van der Waals surface area (Å²) in [5, 5.41) is 9.17. The summed E-state index contributed by atoms with van der Waals surface area (Å²) in [6, 6.07) is 10.7. The molecular weight excluding hydrogens is 362 g/mol. The molecule has 4 rings (SSSR count). The van der Waals surface area contributed by atoms with Gasteiger partial charge in [0.25, 0.3) is 0 Å². The Morgan fingerprint density at radius 3 is 2.59 bits per heavy atom. The molecule has 6 heteroatoms. The van der Waals surface area contributed by atoms with Gasteiger partial charge in [0.15, 0.2) is 16.9 Å². The molecule has 1 atom stereocenters. The van der Waals surface area contributed by atoms with Gasteiger partial charge in [0.05, 0.1) is 18.7 Å². The third-order valence-electron chi connectivity index (χ3n) is 5.56. The van der Waals surface area contributed by atoms with Gasteiger partial charge in [-0.3, -0.25) is 4.79 Å². The highest BCUT2D eigenvalue weighted by Gasteiger charge is 2.43. The van der Waals surface area contributed by atoms with Crippen molar-refractivity contribution in [1.29, 1.82) is 5.26 Å². The van der Waals surface area contributed by atoms with E-state index in [2.05, 4.69) is 6.07 Å². The van der Waals surface area contributed by atoms with Gasteiger partial charge in [0, 0.05) is 16.6 Å². The summed E-state index contributed by atoms with van der Waals surface area (Å²) >= 11 is -2.26. The molecule has 136 valence electrons. The van der Waals surface area contributed by atoms with Crippen LogP contribution in [0, 0.1) is 11.3 Å². The smallest absolute Gasteiger partial charge is 0.193 e. The molecule has 1 N–H and O–H groups in total. The molecule has 2 aromatic rings. The lowest BCUT2D eigenvalue weighted by atomic mass is 9.68. The van der Waals surface area contributed by atoms with E-state index in [9.17, 15) is 13.6 Å². The van der Waals surface area contributed by atoms with Gasteiger partial charge < -0.3 is 9.29 Å². The van der Waals surface area contributed by atoms with Crippen molar-refractivity contribution in [3.63, 3.8) is 0 Å². The van der Waals surface area contributed by atoms with Crippen LogP contribution in [0.25, 0.3) is 5.57 Å². The summed E-state index contributed by atoms with van der Waals surface area (Å²) in [6.07, 6.45) is 0.606. The molecule has 5 nitrogen and oxygen atoms in total. The summed E-state index contributed by atoms with van der Waals surface area (Å²) in [5.74, 6) is 0.138. The van der Waals surface area contributed by atoms with E-state index in [-0.39, 0.29) is 10.7 Å². The lowest BCUT2D eigenvalue weighted by Gasteiger charge is -2.35. The molecule has 0 saturated carbocycles. The van der Waals surface area contributed by atoms with E-state index < -0.39 is 16.5 Å². The van der Waals surface area contributed by atoms with Crippen molar-refractivity contribution in [2.75, 3.05) is 7.11 Å². The molecule has 0 heterocycles. The van der Waals surface area contributed by atoms with Crippen molar-refractivity contribution >= 4 is 22.4 Å². The molecular formula is C21H17NO4S. The minimum absolute atomic E-state index is 0.0856. The van der Waals surface area contributed by atoms with Gasteiger partial charge in [0.1, 0.15) is 10.6 Å². The average molecular weight is 379 g/mol. The first-order valence-electron chi connectivity index (χ1n) is 8.44. The highest BCUT2D eigenvalue weighted by atomic mass is 32.2. The van der Waals surface area contributed by atoms with Crippen LogP contribution in [0.1, 0.15) is 46.5 Å². The fourth-order valence-corrected chi connectivity index (χ4v) is 4.68. The lowest BCUT2D eigenvalue weighted by molar-refractivity contribution is 0.105. The van der Waals surface area contributed by atoms with Crippen LogP contribution < -0.4 is 4.74 Å². The number of carbonyl (C=O) groups is 1. The number of rotatable bonds is 2. The molecule has 0 aromatic heterocycles. The lowest BCUT2D eigenvalue weighted by Crippen LogP contribution is -2.30. The van der Waals surface area contributed by atoms with E-state index in [1.165, 1.54) is 13.2 Å². The Hall–Kier alpha value is -2.75. The number of methoxy groups -OCH3 is 1. The number of nitrogens with zero attached hydrogens (tertiary/aromatic N) is 1. The number of benzene rings is 2. The van der Waals surface area contributed by atoms with Crippen molar-refractivity contribution in [1.82, 2.24) is 0 Å². The second kappa shape index (κ2) is 5.88. The summed E-state index contributed by atoms with van der Waals surface area (Å²) in [7, 11) is 1.44. The van der Waals surface area contributed by atoms with E-state index >= 15 is 0 Å². The van der Waals surface area contributed by atoms with Gasteiger partial charge >= 0.3 is 0 Å². The van der Waals surface area contributed by atoms with E-state index in [1.807, 2.05) is 26.0 Å². The van der Waals surface area contributed by atoms with Crippen LogP contribution in [0.15, 0.2) is 40.8 Å². The SMILES string of the molecule is COc1cc2c(cc1S(=O)O)C(=O)C1=C(Cc3cc(C#N)ccc31)C2(C)C. The van der Waals surface area contributed by atoms with Crippen LogP contribution in [0.5, 0.6) is 5.75 Å². The first-order chi connectivity index (χ1) is 12.8. The standard InChI is InChI=1S/C21H17NO4S/c1-21(2)15-9-17(26-3)18(27(24)25)8-14(15)20(23)19-13-5-4-11(10-22)6-12(13)7-16(19)21/h4-6,8-9H,7H2,1-3H3,(H,24,25). The molecule has 2 aliphatic rings. The predicted octanol–water partition coefficient (Wildman–Crippen LogP) is 3.63. The molecule has 0 amide bonds. The van der Waals surface area contributed by atoms with Crippen LogP contribution in [0.4, 0.5) is 0 Å². The number of Topliss-reactive ketones (excluding diaryl/α,β-unsaturated/α-hetero) is 1. The maximum atomic E-state index is 13.3. The summed E-state index contributed by atoms with van der Waals surface area (Å²) < 4.78 is 26.6. The molecule has 1 unspecified atom stereocenters. The van der Waals surface area contributed by atoms with Crippen molar-refractivity contribution in [3.8, 4) is 11.8 Å². The van der Waals surface area contributed by atoms with Gasteiger partial charge in [0.2, 0.25) is 0 Å². The second-order valence-electron chi connectivity index (χ2n) is 7.27. The van der Waals surface area contributed by atoms with Crippen molar-refractivity contribution in [3.05, 3.63) is 63.7 Å². The molecule has 0 saturated heterocycles. The predicted molar refractivity (Wildman–Crippen MR) is 101 cm³/mol. The average Bonchev–Trinajstić information content (AvgIpc) is 3.05. The van der Waals surface area contributed by atoms with E-state index in [0.717, 1.165) is 22.3 Å². The second-order valence-corrected chi connectivity index (χ2v) is 8.20. The Balaban J connectivity index is 1.97. The number of nitriles is 1. The highest BCUT2D eigenvalue weighted by Crippen LogP contribution is 2.51. The molecule has 2 aliphatic carbocycles. The van der Waals surface area contributed by atoms with Crippen LogP contribution >= 0.6 is 0 Å². The zero-order valence-electron chi connectivity index (χ0n) is 15.1. The van der Waals surface area contributed by atoms with Gasteiger partial charge in [-0.1, -0.05) is 19.9 Å². The third-order valence-corrected chi connectivity index (χ3v) is 6.26. The third kappa shape index (κ3) is 2.39. The van der Waals surface area contributed by atoms with Crippen LogP contribution in [0.3, 0.4) is 0 Å². The quantitative estimate of drug-likeness (QED) is 0.805. The van der Waals surface area contributed by atoms with Gasteiger partial charge in [-0.25, -0.2) is 4.21 Å². The largest absolute Gasteiger partial charge is 0.495 e. The molecule has 0 bridgehead atoms. The Kier molecular flexibility index (Phi) is 3.84. The van der Waals surface area contributed by atoms with Gasteiger partial charge in [-0.2, -0.15) is 5.26 Å². The van der Waals surface area contributed by atoms with Gasteiger partial charge in [-0.05, 0) is 52.9 Å². The number of ether oxygens (including phenoxy) is 1. The van der Waals surface area contributed by atoms with Crippen molar-refractivity contribution in [2.24, 2.45) is 0 Å². The van der Waals surface area contributed by atoms with E-state index in [0.29, 0.717) is 28.9 Å². The number of hydrogen-bond donors (Lipinski definition) is 1. The fraction of sp³-hybridized carbons (Fsp3) is 0.238. The molecule has 0 spiro atoms.